The van der Waals surface area contributed by atoms with Gasteiger partial charge in [0.05, 0.1) is 23.6 Å². The van der Waals surface area contributed by atoms with Crippen LogP contribution in [0.2, 0.25) is 0 Å². The van der Waals surface area contributed by atoms with Gasteiger partial charge in [0.15, 0.2) is 0 Å². The fraction of sp³-hybridized carbons (Fsp3) is 0.278. The lowest BCUT2D eigenvalue weighted by atomic mass is 10.1. The highest BCUT2D eigenvalue weighted by Crippen LogP contribution is 2.34. The van der Waals surface area contributed by atoms with Crippen LogP contribution in [0.25, 0.3) is 0 Å². The predicted molar refractivity (Wildman–Crippen MR) is 89.5 cm³/mol. The maximum atomic E-state index is 12.9. The van der Waals surface area contributed by atoms with Crippen LogP contribution in [-0.2, 0) is 6.18 Å². The molecule has 0 aliphatic rings. The van der Waals surface area contributed by atoms with Crippen LogP contribution < -0.4 is 10.2 Å². The van der Waals surface area contributed by atoms with Gasteiger partial charge in [0, 0.05) is 0 Å². The Hall–Kier alpha value is -2.50. The highest BCUT2D eigenvalue weighted by atomic mass is 19.4. The fourth-order valence-corrected chi connectivity index (χ4v) is 2.05. The molecule has 128 valence electrons. The van der Waals surface area contributed by atoms with E-state index in [1.807, 2.05) is 31.2 Å². The molecule has 24 heavy (non-hydrogen) atoms. The van der Waals surface area contributed by atoms with Gasteiger partial charge in [0.25, 0.3) is 0 Å². The van der Waals surface area contributed by atoms with E-state index < -0.39 is 11.7 Å². The molecule has 0 atom stereocenters. The summed E-state index contributed by atoms with van der Waals surface area (Å²) in [6.45, 7) is 4.39. The van der Waals surface area contributed by atoms with Crippen LogP contribution in [0, 0.1) is 0 Å². The molecule has 0 heterocycles. The van der Waals surface area contributed by atoms with E-state index in [1.165, 1.54) is 18.2 Å². The summed E-state index contributed by atoms with van der Waals surface area (Å²) in [5.41, 5.74) is 3.06. The topological polar surface area (TPSA) is 33.6 Å². The smallest absolute Gasteiger partial charge is 0.418 e. The number of halogens is 3. The summed E-state index contributed by atoms with van der Waals surface area (Å²) in [7, 11) is 0. The van der Waals surface area contributed by atoms with Gasteiger partial charge in [-0.25, -0.2) is 0 Å². The lowest BCUT2D eigenvalue weighted by Gasteiger charge is -2.12. The fourth-order valence-electron chi connectivity index (χ4n) is 2.05. The second-order valence-corrected chi connectivity index (χ2v) is 5.23. The summed E-state index contributed by atoms with van der Waals surface area (Å²) in [6, 6.07) is 12.5. The molecule has 0 aromatic heterocycles. The number of rotatable bonds is 6. The molecule has 2 rings (SSSR count). The molecule has 3 nitrogen and oxygen atoms in total. The van der Waals surface area contributed by atoms with Gasteiger partial charge in [0.1, 0.15) is 5.75 Å². The van der Waals surface area contributed by atoms with Crippen molar-refractivity contribution in [1.82, 2.24) is 0 Å². The summed E-state index contributed by atoms with van der Waals surface area (Å²) >= 11 is 0. The first-order valence-electron chi connectivity index (χ1n) is 7.61. The average Bonchev–Trinajstić information content (AvgIpc) is 2.57. The van der Waals surface area contributed by atoms with Crippen molar-refractivity contribution in [3.05, 3.63) is 59.7 Å². The zero-order chi connectivity index (χ0) is 17.6. The van der Waals surface area contributed by atoms with E-state index >= 15 is 0 Å². The molecule has 0 saturated heterocycles. The second-order valence-electron chi connectivity index (χ2n) is 5.23. The number of alkyl halides is 3. The van der Waals surface area contributed by atoms with Gasteiger partial charge in [0.2, 0.25) is 0 Å². The zero-order valence-electron chi connectivity index (χ0n) is 13.5. The van der Waals surface area contributed by atoms with Crippen molar-refractivity contribution >= 4 is 11.4 Å². The molecular weight excluding hydrogens is 317 g/mol. The Labute approximate surface area is 139 Å². The standard InChI is InChI=1S/C18H19F3N2O/c1-3-12-24-15-10-8-14(9-11-15)13(2)22-23-17-7-5-4-6-16(17)18(19,20)21/h4-11,23H,3,12H2,1-2H3/b22-13-. The molecule has 0 fully saturated rings. The Morgan fingerprint density at radius 3 is 2.38 bits per heavy atom. The molecule has 6 heteroatoms. The monoisotopic (exact) mass is 336 g/mol. The Balaban J connectivity index is 2.12. The predicted octanol–water partition coefficient (Wildman–Crippen LogP) is 5.33. The van der Waals surface area contributed by atoms with E-state index in [-0.39, 0.29) is 5.69 Å². The van der Waals surface area contributed by atoms with Crippen LogP contribution in [-0.4, -0.2) is 12.3 Å². The zero-order valence-corrected chi connectivity index (χ0v) is 13.5. The van der Waals surface area contributed by atoms with Crippen LogP contribution in [0.5, 0.6) is 5.75 Å². The Kier molecular flexibility index (Phi) is 5.84. The van der Waals surface area contributed by atoms with Gasteiger partial charge in [-0.3, -0.25) is 5.43 Å². The number of benzene rings is 2. The number of ether oxygens (including phenoxy) is 1. The quantitative estimate of drug-likeness (QED) is 0.571. The average molecular weight is 336 g/mol. The summed E-state index contributed by atoms with van der Waals surface area (Å²) in [5.74, 6) is 0.753. The summed E-state index contributed by atoms with van der Waals surface area (Å²) in [4.78, 5) is 0. The number of hydrogen-bond donors (Lipinski definition) is 1. The van der Waals surface area contributed by atoms with E-state index in [0.29, 0.717) is 12.3 Å². The van der Waals surface area contributed by atoms with Crippen molar-refractivity contribution in [3.63, 3.8) is 0 Å². The van der Waals surface area contributed by atoms with Crippen LogP contribution in [0.15, 0.2) is 53.6 Å². The first kappa shape index (κ1) is 17.8. The SMILES string of the molecule is CCCOc1ccc(/C(C)=N\Nc2ccccc2C(F)(F)F)cc1. The molecule has 0 aliphatic heterocycles. The molecule has 0 unspecified atom stereocenters. The molecule has 0 spiro atoms. The van der Waals surface area contributed by atoms with E-state index in [0.717, 1.165) is 23.8 Å². The molecule has 0 amide bonds. The number of hydrogen-bond acceptors (Lipinski definition) is 3. The third-order valence-corrected chi connectivity index (χ3v) is 3.32. The minimum atomic E-state index is -4.43. The van der Waals surface area contributed by atoms with Crippen molar-refractivity contribution in [3.8, 4) is 5.75 Å². The molecule has 2 aromatic rings. The number of nitrogens with zero attached hydrogens (tertiary/aromatic N) is 1. The summed E-state index contributed by atoms with van der Waals surface area (Å²) in [6.07, 6.45) is -3.50. The van der Waals surface area contributed by atoms with E-state index in [1.54, 1.807) is 6.92 Å². The minimum Gasteiger partial charge on any atom is -0.494 e. The summed E-state index contributed by atoms with van der Waals surface area (Å²) < 4.78 is 44.3. The number of nitrogens with one attached hydrogen (secondary N) is 1. The van der Waals surface area contributed by atoms with Crippen molar-refractivity contribution in [2.24, 2.45) is 5.10 Å². The van der Waals surface area contributed by atoms with Gasteiger partial charge < -0.3 is 4.74 Å². The van der Waals surface area contributed by atoms with Crippen molar-refractivity contribution in [2.75, 3.05) is 12.0 Å². The number of hydrazone groups is 1. The molecule has 2 aromatic carbocycles. The number of para-hydroxylation sites is 1. The van der Waals surface area contributed by atoms with E-state index in [2.05, 4.69) is 10.5 Å². The van der Waals surface area contributed by atoms with Gasteiger partial charge in [-0.05, 0) is 55.3 Å². The Bertz CT molecular complexity index is 694. The van der Waals surface area contributed by atoms with Crippen molar-refractivity contribution in [1.29, 1.82) is 0 Å². The normalized spacial score (nSPS) is 12.1. The maximum absolute atomic E-state index is 12.9. The first-order chi connectivity index (χ1) is 11.4. The highest BCUT2D eigenvalue weighted by molar-refractivity contribution is 5.99. The highest BCUT2D eigenvalue weighted by Gasteiger charge is 2.33. The first-order valence-corrected chi connectivity index (χ1v) is 7.61. The second kappa shape index (κ2) is 7.86. The van der Waals surface area contributed by atoms with Crippen LogP contribution in [0.1, 0.15) is 31.4 Å². The molecule has 0 bridgehead atoms. The third-order valence-electron chi connectivity index (χ3n) is 3.32. The lowest BCUT2D eigenvalue weighted by molar-refractivity contribution is -0.136. The van der Waals surface area contributed by atoms with Gasteiger partial charge >= 0.3 is 6.18 Å². The minimum absolute atomic E-state index is 0.0766. The lowest BCUT2D eigenvalue weighted by Crippen LogP contribution is -2.09. The molecule has 0 aliphatic carbocycles. The van der Waals surface area contributed by atoms with Crippen molar-refractivity contribution < 1.29 is 17.9 Å². The molecule has 0 saturated carbocycles. The molecule has 0 radical (unpaired) electrons. The van der Waals surface area contributed by atoms with Gasteiger partial charge in [-0.15, -0.1) is 0 Å². The van der Waals surface area contributed by atoms with Crippen LogP contribution in [0.3, 0.4) is 0 Å². The number of anilines is 1. The maximum Gasteiger partial charge on any atom is 0.418 e. The van der Waals surface area contributed by atoms with Crippen LogP contribution >= 0.6 is 0 Å². The molecular formula is C18H19F3N2O. The largest absolute Gasteiger partial charge is 0.494 e. The van der Waals surface area contributed by atoms with E-state index in [4.69, 9.17) is 4.74 Å². The van der Waals surface area contributed by atoms with E-state index in [9.17, 15) is 13.2 Å². The van der Waals surface area contributed by atoms with Gasteiger partial charge in [-0.1, -0.05) is 19.1 Å². The molecule has 1 N–H and O–H groups in total. The Morgan fingerprint density at radius 1 is 1.08 bits per heavy atom. The Morgan fingerprint density at radius 2 is 1.75 bits per heavy atom. The third kappa shape index (κ3) is 4.75. The van der Waals surface area contributed by atoms with Crippen LogP contribution in [0.4, 0.5) is 18.9 Å². The van der Waals surface area contributed by atoms with Crippen molar-refractivity contribution in [2.45, 2.75) is 26.4 Å². The summed E-state index contributed by atoms with van der Waals surface area (Å²) in [5, 5.41) is 4.06. The van der Waals surface area contributed by atoms with Gasteiger partial charge in [-0.2, -0.15) is 18.3 Å².